The summed E-state index contributed by atoms with van der Waals surface area (Å²) in [6.07, 6.45) is 6.22. The number of hydrogen-bond acceptors (Lipinski definition) is 3. The predicted molar refractivity (Wildman–Crippen MR) is 68.9 cm³/mol. The molecule has 1 saturated heterocycles. The van der Waals surface area contributed by atoms with Crippen LogP contribution in [0.5, 0.6) is 0 Å². The molecule has 2 fully saturated rings. The van der Waals surface area contributed by atoms with Gasteiger partial charge in [-0.05, 0) is 19.8 Å². The lowest BCUT2D eigenvalue weighted by molar-refractivity contribution is -0.123. The SMILES string of the molecule is CC1CNCCN1CC(=O)NC1CCCCC1. The van der Waals surface area contributed by atoms with Crippen molar-refractivity contribution in [2.45, 2.75) is 51.1 Å². The van der Waals surface area contributed by atoms with Crippen molar-refractivity contribution in [3.63, 3.8) is 0 Å². The Kier molecular flexibility index (Phi) is 4.80. The zero-order valence-corrected chi connectivity index (χ0v) is 10.9. The molecule has 0 aromatic carbocycles. The smallest absolute Gasteiger partial charge is 0.234 e. The number of piperazine rings is 1. The van der Waals surface area contributed by atoms with Gasteiger partial charge in [0.25, 0.3) is 0 Å². The lowest BCUT2D eigenvalue weighted by Gasteiger charge is -2.34. The molecule has 1 amide bonds. The fourth-order valence-electron chi connectivity index (χ4n) is 2.82. The largest absolute Gasteiger partial charge is 0.352 e. The summed E-state index contributed by atoms with van der Waals surface area (Å²) >= 11 is 0. The third kappa shape index (κ3) is 3.96. The molecule has 98 valence electrons. The van der Waals surface area contributed by atoms with E-state index in [4.69, 9.17) is 0 Å². The van der Waals surface area contributed by atoms with Crippen molar-refractivity contribution in [2.24, 2.45) is 0 Å². The van der Waals surface area contributed by atoms with Gasteiger partial charge in [0, 0.05) is 31.7 Å². The molecule has 2 rings (SSSR count). The van der Waals surface area contributed by atoms with Gasteiger partial charge in [-0.3, -0.25) is 9.69 Å². The van der Waals surface area contributed by atoms with Crippen LogP contribution in [0.15, 0.2) is 0 Å². The molecule has 0 aromatic heterocycles. The van der Waals surface area contributed by atoms with Crippen LogP contribution in [0, 0.1) is 0 Å². The number of carbonyl (C=O) groups is 1. The van der Waals surface area contributed by atoms with E-state index in [1.807, 2.05) is 0 Å². The fourth-order valence-corrected chi connectivity index (χ4v) is 2.82. The average Bonchev–Trinajstić information content (AvgIpc) is 2.33. The van der Waals surface area contributed by atoms with E-state index in [1.54, 1.807) is 0 Å². The van der Waals surface area contributed by atoms with Gasteiger partial charge in [0.15, 0.2) is 0 Å². The number of hydrogen-bond donors (Lipinski definition) is 2. The maximum absolute atomic E-state index is 12.0. The zero-order valence-electron chi connectivity index (χ0n) is 10.9. The van der Waals surface area contributed by atoms with E-state index in [1.165, 1.54) is 32.1 Å². The summed E-state index contributed by atoms with van der Waals surface area (Å²) in [6, 6.07) is 0.912. The molecule has 1 aliphatic heterocycles. The normalized spacial score (nSPS) is 27.9. The molecule has 0 bridgehead atoms. The molecule has 2 N–H and O–H groups in total. The number of carbonyl (C=O) groups excluding carboxylic acids is 1. The van der Waals surface area contributed by atoms with Gasteiger partial charge >= 0.3 is 0 Å². The third-order valence-corrected chi connectivity index (χ3v) is 3.96. The molecule has 4 nitrogen and oxygen atoms in total. The van der Waals surface area contributed by atoms with Crippen LogP contribution >= 0.6 is 0 Å². The summed E-state index contributed by atoms with van der Waals surface area (Å²) in [5.74, 6) is 0.214. The Labute approximate surface area is 104 Å². The average molecular weight is 239 g/mol. The Morgan fingerprint density at radius 2 is 2.12 bits per heavy atom. The Balaban J connectivity index is 1.72. The van der Waals surface area contributed by atoms with Crippen molar-refractivity contribution >= 4 is 5.91 Å². The molecule has 1 atom stereocenters. The van der Waals surface area contributed by atoms with Crippen LogP contribution in [0.25, 0.3) is 0 Å². The minimum atomic E-state index is 0.214. The Morgan fingerprint density at radius 3 is 2.82 bits per heavy atom. The van der Waals surface area contributed by atoms with E-state index in [0.29, 0.717) is 18.6 Å². The van der Waals surface area contributed by atoms with Crippen LogP contribution < -0.4 is 10.6 Å². The molecule has 1 saturated carbocycles. The Hall–Kier alpha value is -0.610. The molecule has 0 radical (unpaired) electrons. The summed E-state index contributed by atoms with van der Waals surface area (Å²) in [5.41, 5.74) is 0. The second-order valence-corrected chi connectivity index (χ2v) is 5.43. The number of nitrogens with zero attached hydrogens (tertiary/aromatic N) is 1. The van der Waals surface area contributed by atoms with E-state index in [0.717, 1.165) is 19.6 Å². The molecule has 1 aliphatic carbocycles. The summed E-state index contributed by atoms with van der Waals surface area (Å²) in [5, 5.41) is 6.53. The highest BCUT2D eigenvalue weighted by atomic mass is 16.2. The second-order valence-electron chi connectivity index (χ2n) is 5.43. The fraction of sp³-hybridized carbons (Fsp3) is 0.923. The van der Waals surface area contributed by atoms with E-state index in [2.05, 4.69) is 22.5 Å². The van der Waals surface area contributed by atoms with Crippen molar-refractivity contribution < 1.29 is 4.79 Å². The van der Waals surface area contributed by atoms with Crippen LogP contribution in [0.3, 0.4) is 0 Å². The summed E-state index contributed by atoms with van der Waals surface area (Å²) < 4.78 is 0. The molecule has 4 heteroatoms. The second kappa shape index (κ2) is 6.36. The minimum Gasteiger partial charge on any atom is -0.352 e. The molecule has 1 unspecified atom stereocenters. The zero-order chi connectivity index (χ0) is 12.1. The molecule has 2 aliphatic rings. The van der Waals surface area contributed by atoms with Crippen molar-refractivity contribution in [3.8, 4) is 0 Å². The van der Waals surface area contributed by atoms with Crippen LogP contribution in [-0.2, 0) is 4.79 Å². The summed E-state index contributed by atoms with van der Waals surface area (Å²) in [7, 11) is 0. The van der Waals surface area contributed by atoms with Gasteiger partial charge in [-0.2, -0.15) is 0 Å². The maximum atomic E-state index is 12.0. The van der Waals surface area contributed by atoms with E-state index < -0.39 is 0 Å². The van der Waals surface area contributed by atoms with Crippen LogP contribution in [0.2, 0.25) is 0 Å². The molecule has 1 heterocycles. The highest BCUT2D eigenvalue weighted by Gasteiger charge is 2.22. The highest BCUT2D eigenvalue weighted by Crippen LogP contribution is 2.17. The van der Waals surface area contributed by atoms with Crippen LogP contribution in [0.4, 0.5) is 0 Å². The Bertz CT molecular complexity index is 251. The lowest BCUT2D eigenvalue weighted by atomic mass is 9.95. The van der Waals surface area contributed by atoms with Gasteiger partial charge in [-0.25, -0.2) is 0 Å². The summed E-state index contributed by atoms with van der Waals surface area (Å²) in [4.78, 5) is 14.2. The first kappa shape index (κ1) is 12.8. The van der Waals surface area contributed by atoms with Crippen molar-refractivity contribution in [2.75, 3.05) is 26.2 Å². The quantitative estimate of drug-likeness (QED) is 0.763. The Morgan fingerprint density at radius 1 is 1.35 bits per heavy atom. The van der Waals surface area contributed by atoms with Gasteiger partial charge in [0.05, 0.1) is 6.54 Å². The predicted octanol–water partition coefficient (Wildman–Crippen LogP) is 0.729. The van der Waals surface area contributed by atoms with E-state index in [9.17, 15) is 4.79 Å². The van der Waals surface area contributed by atoms with Crippen molar-refractivity contribution in [3.05, 3.63) is 0 Å². The molecule has 17 heavy (non-hydrogen) atoms. The number of nitrogens with one attached hydrogen (secondary N) is 2. The molecule has 0 aromatic rings. The van der Waals surface area contributed by atoms with Gasteiger partial charge in [-0.1, -0.05) is 19.3 Å². The minimum absolute atomic E-state index is 0.214. The third-order valence-electron chi connectivity index (χ3n) is 3.96. The van der Waals surface area contributed by atoms with E-state index >= 15 is 0 Å². The van der Waals surface area contributed by atoms with Gasteiger partial charge in [0.2, 0.25) is 5.91 Å². The standard InChI is InChI=1S/C13H25N3O/c1-11-9-14-7-8-16(11)10-13(17)15-12-5-3-2-4-6-12/h11-12,14H,2-10H2,1H3,(H,15,17). The van der Waals surface area contributed by atoms with Gasteiger partial charge < -0.3 is 10.6 Å². The van der Waals surface area contributed by atoms with E-state index in [-0.39, 0.29) is 5.91 Å². The molecule has 0 spiro atoms. The van der Waals surface area contributed by atoms with Gasteiger partial charge in [-0.15, -0.1) is 0 Å². The van der Waals surface area contributed by atoms with Gasteiger partial charge in [0.1, 0.15) is 0 Å². The van der Waals surface area contributed by atoms with Crippen LogP contribution in [0.1, 0.15) is 39.0 Å². The number of rotatable bonds is 3. The first-order valence-electron chi connectivity index (χ1n) is 7.00. The summed E-state index contributed by atoms with van der Waals surface area (Å²) in [6.45, 7) is 5.73. The lowest BCUT2D eigenvalue weighted by Crippen LogP contribution is -2.53. The maximum Gasteiger partial charge on any atom is 0.234 e. The van der Waals surface area contributed by atoms with Crippen molar-refractivity contribution in [1.29, 1.82) is 0 Å². The van der Waals surface area contributed by atoms with Crippen LogP contribution in [-0.4, -0.2) is 49.1 Å². The molecular formula is C13H25N3O. The molecular weight excluding hydrogens is 214 g/mol. The topological polar surface area (TPSA) is 44.4 Å². The van der Waals surface area contributed by atoms with Crippen molar-refractivity contribution in [1.82, 2.24) is 15.5 Å². The first-order valence-corrected chi connectivity index (χ1v) is 7.00. The monoisotopic (exact) mass is 239 g/mol. The number of amides is 1. The first-order chi connectivity index (χ1) is 8.25. The highest BCUT2D eigenvalue weighted by molar-refractivity contribution is 5.78.